The molecule has 1 N–H and O–H groups in total. The van der Waals surface area contributed by atoms with Crippen LogP contribution in [-0.2, 0) is 20.9 Å². The number of benzene rings is 2. The first-order valence-corrected chi connectivity index (χ1v) is 9.03. The number of carbonyl (C=O) groups excluding carboxylic acids is 1. The van der Waals surface area contributed by atoms with Gasteiger partial charge in [0.15, 0.2) is 0 Å². The predicted octanol–water partition coefficient (Wildman–Crippen LogP) is 4.28. The van der Waals surface area contributed by atoms with Gasteiger partial charge in [-0.1, -0.05) is 30.3 Å². The van der Waals surface area contributed by atoms with Gasteiger partial charge in [0.2, 0.25) is 0 Å². The molecule has 0 aromatic heterocycles. The smallest absolute Gasteiger partial charge is 0.313 e. The van der Waals surface area contributed by atoms with Crippen molar-refractivity contribution in [2.24, 2.45) is 5.41 Å². The summed E-state index contributed by atoms with van der Waals surface area (Å²) in [4.78, 5) is 12.4. The zero-order valence-corrected chi connectivity index (χ0v) is 16.7. The number of anilines is 1. The van der Waals surface area contributed by atoms with E-state index in [-0.39, 0.29) is 18.1 Å². The van der Waals surface area contributed by atoms with Gasteiger partial charge in [0.1, 0.15) is 5.75 Å². The lowest BCUT2D eigenvalue weighted by Gasteiger charge is -2.37. The lowest BCUT2D eigenvalue weighted by Crippen LogP contribution is -2.50. The van der Waals surface area contributed by atoms with E-state index >= 15 is 0 Å². The van der Waals surface area contributed by atoms with E-state index in [9.17, 15) is 4.79 Å². The molecule has 0 radical (unpaired) electrons. The Balaban J connectivity index is 2.18. The van der Waals surface area contributed by atoms with Crippen LogP contribution in [0, 0.1) is 5.41 Å². The highest BCUT2D eigenvalue weighted by Crippen LogP contribution is 2.30. The summed E-state index contributed by atoms with van der Waals surface area (Å²) < 4.78 is 16.3. The molecule has 0 amide bonds. The zero-order valence-electron chi connectivity index (χ0n) is 16.7. The van der Waals surface area contributed by atoms with Crippen LogP contribution in [0.5, 0.6) is 5.75 Å². The largest absolute Gasteiger partial charge is 0.497 e. The average Bonchev–Trinajstić information content (AvgIpc) is 2.70. The fourth-order valence-corrected chi connectivity index (χ4v) is 3.04. The van der Waals surface area contributed by atoms with E-state index < -0.39 is 5.41 Å². The van der Waals surface area contributed by atoms with Gasteiger partial charge in [0, 0.05) is 5.69 Å². The standard InChI is InChI=1S/C22H29NO4/c1-16(27-15-17-9-7-6-8-10-17)20(22(2,3)21(24)26-5)23-18-11-13-19(25-4)14-12-18/h6-14,16,20,23H,15H2,1-5H3. The van der Waals surface area contributed by atoms with Crippen molar-refractivity contribution >= 4 is 11.7 Å². The summed E-state index contributed by atoms with van der Waals surface area (Å²) in [6.07, 6.45) is -0.235. The highest BCUT2D eigenvalue weighted by molar-refractivity contribution is 5.77. The fourth-order valence-electron chi connectivity index (χ4n) is 3.04. The van der Waals surface area contributed by atoms with E-state index in [4.69, 9.17) is 14.2 Å². The van der Waals surface area contributed by atoms with Gasteiger partial charge in [-0.3, -0.25) is 4.79 Å². The third-order valence-corrected chi connectivity index (χ3v) is 4.73. The van der Waals surface area contributed by atoms with E-state index in [0.717, 1.165) is 17.0 Å². The van der Waals surface area contributed by atoms with Crippen LogP contribution < -0.4 is 10.1 Å². The number of esters is 1. The average molecular weight is 371 g/mol. The van der Waals surface area contributed by atoms with Crippen molar-refractivity contribution in [1.82, 2.24) is 0 Å². The van der Waals surface area contributed by atoms with Gasteiger partial charge in [-0.2, -0.15) is 0 Å². The second kappa shape index (κ2) is 9.42. The van der Waals surface area contributed by atoms with Crippen molar-refractivity contribution < 1.29 is 19.0 Å². The van der Waals surface area contributed by atoms with Crippen molar-refractivity contribution in [2.45, 2.75) is 39.5 Å². The Morgan fingerprint density at radius 1 is 1.04 bits per heavy atom. The van der Waals surface area contributed by atoms with Gasteiger partial charge in [-0.05, 0) is 50.6 Å². The molecular weight excluding hydrogens is 342 g/mol. The molecule has 5 heteroatoms. The van der Waals surface area contributed by atoms with Crippen LogP contribution in [-0.4, -0.2) is 32.3 Å². The molecule has 146 valence electrons. The molecule has 0 aliphatic carbocycles. The van der Waals surface area contributed by atoms with E-state index in [2.05, 4.69) is 5.32 Å². The monoisotopic (exact) mass is 371 g/mol. The van der Waals surface area contributed by atoms with Crippen molar-refractivity contribution in [3.8, 4) is 5.75 Å². The number of hydrogen-bond acceptors (Lipinski definition) is 5. The van der Waals surface area contributed by atoms with Crippen molar-refractivity contribution in [3.05, 3.63) is 60.2 Å². The first-order chi connectivity index (χ1) is 12.9. The van der Waals surface area contributed by atoms with E-state index in [1.165, 1.54) is 7.11 Å². The van der Waals surface area contributed by atoms with Gasteiger partial charge in [0.25, 0.3) is 0 Å². The minimum Gasteiger partial charge on any atom is -0.497 e. The fraction of sp³-hybridized carbons (Fsp3) is 0.409. The molecule has 2 aromatic rings. The minimum atomic E-state index is -0.787. The minimum absolute atomic E-state index is 0.235. The van der Waals surface area contributed by atoms with Gasteiger partial charge in [0.05, 0.1) is 38.4 Å². The summed E-state index contributed by atoms with van der Waals surface area (Å²) in [7, 11) is 3.04. The highest BCUT2D eigenvalue weighted by Gasteiger charge is 2.41. The molecule has 0 heterocycles. The first-order valence-electron chi connectivity index (χ1n) is 9.03. The molecule has 0 saturated carbocycles. The summed E-state index contributed by atoms with van der Waals surface area (Å²) >= 11 is 0. The maximum absolute atomic E-state index is 12.4. The second-order valence-electron chi connectivity index (χ2n) is 7.07. The lowest BCUT2D eigenvalue weighted by molar-refractivity contribution is -0.153. The van der Waals surface area contributed by atoms with Crippen LogP contribution in [0.3, 0.4) is 0 Å². The summed E-state index contributed by atoms with van der Waals surface area (Å²) in [5, 5.41) is 3.44. The molecular formula is C22H29NO4. The first kappa shape index (κ1) is 20.8. The molecule has 0 spiro atoms. The molecule has 0 bridgehead atoms. The lowest BCUT2D eigenvalue weighted by atomic mass is 9.81. The molecule has 5 nitrogen and oxygen atoms in total. The normalized spacial score (nSPS) is 13.5. The molecule has 0 saturated heterocycles. The summed E-state index contributed by atoms with van der Waals surface area (Å²) in [5.74, 6) is 0.487. The van der Waals surface area contributed by atoms with E-state index in [1.807, 2.05) is 75.4 Å². The van der Waals surface area contributed by atoms with Crippen LogP contribution in [0.4, 0.5) is 5.69 Å². The zero-order chi connectivity index (χ0) is 19.9. The Morgan fingerprint density at radius 3 is 2.22 bits per heavy atom. The molecule has 0 aliphatic rings. The Morgan fingerprint density at radius 2 is 1.67 bits per heavy atom. The molecule has 0 fully saturated rings. The summed E-state index contributed by atoms with van der Waals surface area (Å²) in [6, 6.07) is 17.3. The third-order valence-electron chi connectivity index (χ3n) is 4.73. The molecule has 0 aliphatic heterocycles. The van der Waals surface area contributed by atoms with Gasteiger partial charge < -0.3 is 19.5 Å². The number of methoxy groups -OCH3 is 2. The Labute approximate surface area is 161 Å². The van der Waals surface area contributed by atoms with Crippen LogP contribution in [0.2, 0.25) is 0 Å². The Kier molecular flexibility index (Phi) is 7.25. The van der Waals surface area contributed by atoms with Gasteiger partial charge in [-0.25, -0.2) is 0 Å². The van der Waals surface area contributed by atoms with E-state index in [1.54, 1.807) is 7.11 Å². The number of hydrogen-bond donors (Lipinski definition) is 1. The van der Waals surface area contributed by atoms with Crippen LogP contribution >= 0.6 is 0 Å². The molecule has 2 atom stereocenters. The second-order valence-corrected chi connectivity index (χ2v) is 7.07. The van der Waals surface area contributed by atoms with Crippen molar-refractivity contribution in [3.63, 3.8) is 0 Å². The van der Waals surface area contributed by atoms with Crippen molar-refractivity contribution in [2.75, 3.05) is 19.5 Å². The summed E-state index contributed by atoms with van der Waals surface area (Å²) in [5.41, 5.74) is 1.18. The molecule has 2 unspecified atom stereocenters. The van der Waals surface area contributed by atoms with Gasteiger partial charge >= 0.3 is 5.97 Å². The molecule has 2 aromatic carbocycles. The highest BCUT2D eigenvalue weighted by atomic mass is 16.5. The molecule has 2 rings (SSSR count). The number of rotatable bonds is 9. The Bertz CT molecular complexity index is 713. The van der Waals surface area contributed by atoms with Crippen LogP contribution in [0.15, 0.2) is 54.6 Å². The van der Waals surface area contributed by atoms with Crippen molar-refractivity contribution in [1.29, 1.82) is 0 Å². The third kappa shape index (κ3) is 5.47. The van der Waals surface area contributed by atoms with Crippen LogP contribution in [0.1, 0.15) is 26.3 Å². The SMILES string of the molecule is COC(=O)C(C)(C)C(Nc1ccc(OC)cc1)C(C)OCc1ccccc1. The van der Waals surface area contributed by atoms with Crippen LogP contribution in [0.25, 0.3) is 0 Å². The topological polar surface area (TPSA) is 56.8 Å². The van der Waals surface area contributed by atoms with E-state index in [0.29, 0.717) is 6.61 Å². The molecule has 27 heavy (non-hydrogen) atoms. The number of ether oxygens (including phenoxy) is 3. The van der Waals surface area contributed by atoms with Gasteiger partial charge in [-0.15, -0.1) is 0 Å². The number of carbonyl (C=O) groups is 1. The maximum Gasteiger partial charge on any atom is 0.313 e. The quantitative estimate of drug-likeness (QED) is 0.667. The number of nitrogens with one attached hydrogen (secondary N) is 1. The summed E-state index contributed by atoms with van der Waals surface area (Å²) in [6.45, 7) is 6.17. The Hall–Kier alpha value is -2.53. The predicted molar refractivity (Wildman–Crippen MR) is 107 cm³/mol. The maximum atomic E-state index is 12.4.